The standard InChI is InChI=1S/C19H22Cl2N2O3/c1-23(2)17(13-4-7-15(25-3)8-5-13)11-22-19(24)12-26-18-9-6-14(20)10-16(18)21/h4-10,17H,11-12H2,1-3H3,(H,22,24)/t17-/m0/s1. The van der Waals surface area contributed by atoms with E-state index in [0.717, 1.165) is 11.3 Å². The van der Waals surface area contributed by atoms with Crippen molar-refractivity contribution in [1.82, 2.24) is 10.2 Å². The van der Waals surface area contributed by atoms with E-state index in [4.69, 9.17) is 32.7 Å². The summed E-state index contributed by atoms with van der Waals surface area (Å²) in [6.07, 6.45) is 0. The number of amides is 1. The molecule has 0 bridgehead atoms. The van der Waals surface area contributed by atoms with Crippen LogP contribution in [0.3, 0.4) is 0 Å². The highest BCUT2D eigenvalue weighted by Gasteiger charge is 2.16. The lowest BCUT2D eigenvalue weighted by molar-refractivity contribution is -0.123. The molecule has 0 spiro atoms. The highest BCUT2D eigenvalue weighted by Crippen LogP contribution is 2.27. The number of halogens is 2. The van der Waals surface area contributed by atoms with E-state index in [9.17, 15) is 4.79 Å². The van der Waals surface area contributed by atoms with Crippen molar-refractivity contribution in [2.75, 3.05) is 34.4 Å². The van der Waals surface area contributed by atoms with Gasteiger partial charge in [0.2, 0.25) is 0 Å². The van der Waals surface area contributed by atoms with E-state index in [1.54, 1.807) is 25.3 Å². The van der Waals surface area contributed by atoms with E-state index >= 15 is 0 Å². The van der Waals surface area contributed by atoms with Gasteiger partial charge in [-0.25, -0.2) is 0 Å². The van der Waals surface area contributed by atoms with Crippen LogP contribution >= 0.6 is 23.2 Å². The number of hydrogen-bond donors (Lipinski definition) is 1. The number of likely N-dealkylation sites (N-methyl/N-ethyl adjacent to an activating group) is 1. The molecule has 2 aromatic carbocycles. The summed E-state index contributed by atoms with van der Waals surface area (Å²) in [6.45, 7) is 0.333. The Hall–Kier alpha value is -1.95. The number of carbonyl (C=O) groups is 1. The fourth-order valence-electron chi connectivity index (χ4n) is 2.42. The molecule has 0 heterocycles. The Bertz CT molecular complexity index is 736. The Labute approximate surface area is 163 Å². The lowest BCUT2D eigenvalue weighted by Gasteiger charge is -2.25. The van der Waals surface area contributed by atoms with Gasteiger partial charge in [0.1, 0.15) is 11.5 Å². The van der Waals surface area contributed by atoms with Gasteiger partial charge in [0.15, 0.2) is 6.61 Å². The molecule has 2 rings (SSSR count). The number of ether oxygens (including phenoxy) is 2. The van der Waals surface area contributed by atoms with Crippen molar-refractivity contribution in [3.05, 3.63) is 58.1 Å². The molecule has 0 aliphatic rings. The molecule has 5 nitrogen and oxygen atoms in total. The number of hydrogen-bond acceptors (Lipinski definition) is 4. The Morgan fingerprint density at radius 2 is 1.85 bits per heavy atom. The largest absolute Gasteiger partial charge is 0.497 e. The Kier molecular flexibility index (Phi) is 7.57. The first kappa shape index (κ1) is 20.4. The molecule has 2 aromatic rings. The molecule has 0 saturated carbocycles. The summed E-state index contributed by atoms with van der Waals surface area (Å²) in [6, 6.07) is 12.7. The SMILES string of the molecule is COc1ccc([C@H](CNC(=O)COc2ccc(Cl)cc2Cl)N(C)C)cc1. The quantitative estimate of drug-likeness (QED) is 0.736. The number of carbonyl (C=O) groups excluding carboxylic acids is 1. The molecule has 1 amide bonds. The third-order valence-electron chi connectivity index (χ3n) is 3.87. The molecule has 0 fully saturated rings. The van der Waals surface area contributed by atoms with Crippen molar-refractivity contribution in [2.45, 2.75) is 6.04 Å². The van der Waals surface area contributed by atoms with Gasteiger partial charge in [-0.05, 0) is 50.0 Å². The molecular weight excluding hydrogens is 375 g/mol. The maximum atomic E-state index is 12.1. The van der Waals surface area contributed by atoms with Gasteiger partial charge in [0.05, 0.1) is 18.2 Å². The van der Waals surface area contributed by atoms with Gasteiger partial charge in [-0.1, -0.05) is 35.3 Å². The van der Waals surface area contributed by atoms with Gasteiger partial charge in [-0.2, -0.15) is 0 Å². The van der Waals surface area contributed by atoms with Crippen LogP contribution in [0.4, 0.5) is 0 Å². The van der Waals surface area contributed by atoms with Crippen LogP contribution in [-0.2, 0) is 4.79 Å². The highest BCUT2D eigenvalue weighted by atomic mass is 35.5. The fraction of sp³-hybridized carbons (Fsp3) is 0.316. The minimum atomic E-state index is -0.226. The highest BCUT2D eigenvalue weighted by molar-refractivity contribution is 6.35. The topological polar surface area (TPSA) is 50.8 Å². The molecule has 0 radical (unpaired) electrons. The Morgan fingerprint density at radius 1 is 1.15 bits per heavy atom. The maximum absolute atomic E-state index is 12.1. The summed E-state index contributed by atoms with van der Waals surface area (Å²) in [5.74, 6) is 0.991. The summed E-state index contributed by atoms with van der Waals surface area (Å²) in [5, 5.41) is 3.77. The number of benzene rings is 2. The summed E-state index contributed by atoms with van der Waals surface area (Å²) in [5.41, 5.74) is 1.08. The van der Waals surface area contributed by atoms with Gasteiger partial charge in [0.25, 0.3) is 5.91 Å². The van der Waals surface area contributed by atoms with E-state index in [-0.39, 0.29) is 18.6 Å². The predicted octanol–water partition coefficient (Wildman–Crippen LogP) is 3.80. The maximum Gasteiger partial charge on any atom is 0.258 e. The molecule has 0 aromatic heterocycles. The van der Waals surface area contributed by atoms with Crippen LogP contribution < -0.4 is 14.8 Å². The van der Waals surface area contributed by atoms with Gasteiger partial charge < -0.3 is 19.7 Å². The zero-order valence-corrected chi connectivity index (χ0v) is 16.5. The number of nitrogens with zero attached hydrogens (tertiary/aromatic N) is 1. The lowest BCUT2D eigenvalue weighted by atomic mass is 10.1. The molecular formula is C19H22Cl2N2O3. The molecule has 140 valence electrons. The molecule has 26 heavy (non-hydrogen) atoms. The van der Waals surface area contributed by atoms with E-state index in [2.05, 4.69) is 5.32 Å². The summed E-state index contributed by atoms with van der Waals surface area (Å²) in [4.78, 5) is 14.2. The molecule has 0 aliphatic carbocycles. The minimum absolute atomic E-state index is 0.0315. The fourth-order valence-corrected chi connectivity index (χ4v) is 2.88. The van der Waals surface area contributed by atoms with Gasteiger partial charge in [0, 0.05) is 11.6 Å². The average molecular weight is 397 g/mol. The van der Waals surface area contributed by atoms with Crippen LogP contribution in [0.15, 0.2) is 42.5 Å². The van der Waals surface area contributed by atoms with Crippen molar-refractivity contribution >= 4 is 29.1 Å². The number of methoxy groups -OCH3 is 1. The van der Waals surface area contributed by atoms with Crippen molar-refractivity contribution in [1.29, 1.82) is 0 Å². The predicted molar refractivity (Wildman–Crippen MR) is 104 cm³/mol. The first-order chi connectivity index (χ1) is 12.4. The second-order valence-corrected chi connectivity index (χ2v) is 6.76. The average Bonchev–Trinajstić information content (AvgIpc) is 2.61. The van der Waals surface area contributed by atoms with Crippen molar-refractivity contribution < 1.29 is 14.3 Å². The van der Waals surface area contributed by atoms with Crippen molar-refractivity contribution in [2.24, 2.45) is 0 Å². The van der Waals surface area contributed by atoms with Gasteiger partial charge >= 0.3 is 0 Å². The van der Waals surface area contributed by atoms with E-state index in [1.165, 1.54) is 0 Å². The normalized spacial score (nSPS) is 11.9. The first-order valence-electron chi connectivity index (χ1n) is 8.05. The van der Waals surface area contributed by atoms with Gasteiger partial charge in [-0.3, -0.25) is 4.79 Å². The smallest absolute Gasteiger partial charge is 0.258 e. The second kappa shape index (κ2) is 9.67. The molecule has 0 unspecified atom stereocenters. The molecule has 0 saturated heterocycles. The Morgan fingerprint density at radius 3 is 2.42 bits per heavy atom. The van der Waals surface area contributed by atoms with Gasteiger partial charge in [-0.15, -0.1) is 0 Å². The molecule has 1 N–H and O–H groups in total. The summed E-state index contributed by atoms with van der Waals surface area (Å²) in [7, 11) is 5.56. The van der Waals surface area contributed by atoms with Crippen molar-refractivity contribution in [3.63, 3.8) is 0 Å². The monoisotopic (exact) mass is 396 g/mol. The van der Waals surface area contributed by atoms with Crippen LogP contribution in [0.2, 0.25) is 10.0 Å². The minimum Gasteiger partial charge on any atom is -0.497 e. The van der Waals surface area contributed by atoms with Crippen LogP contribution in [0.25, 0.3) is 0 Å². The summed E-state index contributed by atoms with van der Waals surface area (Å²) >= 11 is 11.9. The third-order valence-corrected chi connectivity index (χ3v) is 4.40. The van der Waals surface area contributed by atoms with E-state index in [0.29, 0.717) is 22.3 Å². The zero-order chi connectivity index (χ0) is 19.1. The molecule has 1 atom stereocenters. The van der Waals surface area contributed by atoms with Crippen LogP contribution in [0.5, 0.6) is 11.5 Å². The van der Waals surface area contributed by atoms with E-state index < -0.39 is 0 Å². The molecule has 7 heteroatoms. The number of rotatable bonds is 8. The van der Waals surface area contributed by atoms with Crippen LogP contribution in [-0.4, -0.2) is 45.2 Å². The number of nitrogens with one attached hydrogen (secondary N) is 1. The van der Waals surface area contributed by atoms with Crippen molar-refractivity contribution in [3.8, 4) is 11.5 Å². The Balaban J connectivity index is 1.90. The van der Waals surface area contributed by atoms with Crippen LogP contribution in [0, 0.1) is 0 Å². The first-order valence-corrected chi connectivity index (χ1v) is 8.81. The molecule has 0 aliphatic heterocycles. The van der Waals surface area contributed by atoms with E-state index in [1.807, 2.05) is 43.3 Å². The van der Waals surface area contributed by atoms with Crippen LogP contribution in [0.1, 0.15) is 11.6 Å². The third kappa shape index (κ3) is 5.80. The lowest BCUT2D eigenvalue weighted by Crippen LogP contribution is -2.36. The second-order valence-electron chi connectivity index (χ2n) is 5.92. The summed E-state index contributed by atoms with van der Waals surface area (Å²) < 4.78 is 10.6. The zero-order valence-electron chi connectivity index (χ0n) is 15.0.